The van der Waals surface area contributed by atoms with Crippen LogP contribution >= 0.6 is 0 Å². The zero-order valence-electron chi connectivity index (χ0n) is 26.6. The number of carbonyl (C=O) groups is 3. The Labute approximate surface area is 283 Å². The van der Waals surface area contributed by atoms with E-state index in [1.807, 2.05) is 0 Å². The summed E-state index contributed by atoms with van der Waals surface area (Å²) in [6.07, 6.45) is -25.5. The Hall–Kier alpha value is -2.31. The van der Waals surface area contributed by atoms with Gasteiger partial charge in [0.2, 0.25) is 17.7 Å². The molecule has 290 valence electrons. The van der Waals surface area contributed by atoms with E-state index in [4.69, 9.17) is 39.9 Å². The molecule has 3 fully saturated rings. The molecule has 0 aromatic rings. The van der Waals surface area contributed by atoms with E-state index < -0.39 is 149 Å². The molecule has 24 nitrogen and oxygen atoms in total. The molecule has 0 aromatic carbocycles. The maximum absolute atomic E-state index is 12.2. The van der Waals surface area contributed by atoms with Crippen molar-refractivity contribution in [2.75, 3.05) is 52.6 Å². The highest BCUT2D eigenvalue weighted by atomic mass is 16.7. The molecule has 0 bridgehead atoms. The lowest BCUT2D eigenvalue weighted by atomic mass is 9.96. The number of aliphatic hydroxyl groups excluding tert-OH is 10. The number of carbonyl (C=O) groups excluding carboxylic acids is 3. The number of nitrogens with one attached hydrogen (secondary N) is 2. The second-order valence-electron chi connectivity index (χ2n) is 11.8. The molecule has 3 heterocycles. The van der Waals surface area contributed by atoms with Crippen molar-refractivity contribution in [2.24, 2.45) is 11.5 Å². The smallest absolute Gasteiger partial charge is 0.248 e. The fourth-order valence-corrected chi connectivity index (χ4v) is 5.31. The zero-order chi connectivity index (χ0) is 37.3. The number of aliphatic hydroxyl groups is 10. The van der Waals surface area contributed by atoms with Crippen molar-refractivity contribution in [1.82, 2.24) is 15.8 Å². The van der Waals surface area contributed by atoms with Crippen molar-refractivity contribution in [3.05, 3.63) is 0 Å². The van der Waals surface area contributed by atoms with E-state index in [-0.39, 0.29) is 13.2 Å². The highest BCUT2D eigenvalue weighted by Gasteiger charge is 2.52. The normalized spacial score (nSPS) is 39.3. The third-order valence-electron chi connectivity index (χ3n) is 7.92. The van der Waals surface area contributed by atoms with Crippen LogP contribution in [-0.4, -0.2) is 218 Å². The van der Waals surface area contributed by atoms with E-state index in [2.05, 4.69) is 10.9 Å². The Bertz CT molecular complexity index is 1080. The molecule has 0 spiro atoms. The summed E-state index contributed by atoms with van der Waals surface area (Å²) in [5, 5.41) is 102. The topological polar surface area (TPSA) is 388 Å². The van der Waals surface area contributed by atoms with Crippen LogP contribution < -0.4 is 22.3 Å². The van der Waals surface area contributed by atoms with Gasteiger partial charge in [0.15, 0.2) is 18.9 Å². The Kier molecular flexibility index (Phi) is 16.4. The van der Waals surface area contributed by atoms with Gasteiger partial charge in [-0.05, 0) is 0 Å². The van der Waals surface area contributed by atoms with Gasteiger partial charge in [0.1, 0.15) is 73.2 Å². The summed E-state index contributed by atoms with van der Waals surface area (Å²) < 4.78 is 32.9. The van der Waals surface area contributed by atoms with Crippen molar-refractivity contribution in [2.45, 2.75) is 92.1 Å². The van der Waals surface area contributed by atoms with Gasteiger partial charge in [-0.3, -0.25) is 24.7 Å². The van der Waals surface area contributed by atoms with Crippen LogP contribution in [0.4, 0.5) is 0 Å². The average Bonchev–Trinajstić information content (AvgIpc) is 3.05. The van der Waals surface area contributed by atoms with Gasteiger partial charge in [-0.1, -0.05) is 0 Å². The first-order valence-corrected chi connectivity index (χ1v) is 15.4. The van der Waals surface area contributed by atoms with Crippen molar-refractivity contribution in [1.29, 1.82) is 0 Å². The van der Waals surface area contributed by atoms with Crippen LogP contribution in [0.2, 0.25) is 0 Å². The molecule has 15 atom stereocenters. The number of hydrazine groups is 1. The van der Waals surface area contributed by atoms with Crippen molar-refractivity contribution < 1.29 is 93.9 Å². The molecule has 3 aliphatic rings. The van der Waals surface area contributed by atoms with Crippen LogP contribution in [0.15, 0.2) is 0 Å². The lowest BCUT2D eigenvalue weighted by molar-refractivity contribution is -0.366. The van der Waals surface area contributed by atoms with E-state index in [9.17, 15) is 65.4 Å². The first-order chi connectivity index (χ1) is 23.6. The predicted molar refractivity (Wildman–Crippen MR) is 156 cm³/mol. The standard InChI is InChI=1S/C26H47N5O19/c27-12(34)3-31(4-13(28)35)5-14(36)30-29-1-2-45-25-22(44)23(50-26-21(43)19(41)16(38)10(7-33)48-26)17(39)11(49-25)8-46-24-20(42)18(40)15(37)9(6-32)47-24/h9-11,15-26,29,32-33,37-44H,1-8H2,(H2,27,34)(H2,28,35)(H,30,36)/t9-,10-,11-,15-,16-,17-,18+,19+,20+,21+,22+,23+,24+,25+,26-/m1/s1. The third kappa shape index (κ3) is 11.1. The summed E-state index contributed by atoms with van der Waals surface area (Å²) in [4.78, 5) is 35.7. The van der Waals surface area contributed by atoms with Crippen LogP contribution in [0.5, 0.6) is 0 Å². The summed E-state index contributed by atoms with van der Waals surface area (Å²) in [6, 6.07) is 0. The Morgan fingerprint density at radius 2 is 1.12 bits per heavy atom. The average molecular weight is 734 g/mol. The molecule has 0 saturated carbocycles. The molecule has 16 N–H and O–H groups in total. The molecular formula is C26H47N5O19. The summed E-state index contributed by atoms with van der Waals surface area (Å²) in [7, 11) is 0. The number of hydrogen-bond acceptors (Lipinski definition) is 21. The summed E-state index contributed by atoms with van der Waals surface area (Å²) in [5.74, 6) is -2.30. The maximum Gasteiger partial charge on any atom is 0.248 e. The first-order valence-electron chi connectivity index (χ1n) is 15.4. The highest BCUT2D eigenvalue weighted by molar-refractivity contribution is 5.82. The zero-order valence-corrected chi connectivity index (χ0v) is 26.6. The minimum absolute atomic E-state index is 0.142. The SMILES string of the molecule is NC(=O)CN(CC(N)=O)CC(=O)NNCCO[C@H]1O[C@H](CO[C@H]2O[C@H](CO)[C@@H](O)[C@H](O)[C@@H]2O)[C@@H](O)[C@H](O[C@H]2O[C@H](CO)[C@@H](O)[C@H](O)[C@@H]2O)[C@@H]1O. The number of primary amides is 2. The van der Waals surface area contributed by atoms with Gasteiger partial charge < -0.3 is 91.0 Å². The van der Waals surface area contributed by atoms with E-state index in [1.54, 1.807) is 0 Å². The third-order valence-corrected chi connectivity index (χ3v) is 7.92. The molecular weight excluding hydrogens is 686 g/mol. The lowest BCUT2D eigenvalue weighted by Crippen LogP contribution is -2.65. The van der Waals surface area contributed by atoms with Crippen LogP contribution in [0.25, 0.3) is 0 Å². The van der Waals surface area contributed by atoms with Crippen molar-refractivity contribution >= 4 is 17.7 Å². The maximum atomic E-state index is 12.2. The Morgan fingerprint density at radius 1 is 0.620 bits per heavy atom. The van der Waals surface area contributed by atoms with Gasteiger partial charge in [0.05, 0.1) is 46.1 Å². The second-order valence-corrected chi connectivity index (χ2v) is 11.8. The lowest BCUT2D eigenvalue weighted by Gasteiger charge is -2.46. The first kappa shape index (κ1) is 42.1. The number of hydrogen-bond donors (Lipinski definition) is 14. The molecule has 3 rings (SSSR count). The fraction of sp³-hybridized carbons (Fsp3) is 0.885. The van der Waals surface area contributed by atoms with E-state index >= 15 is 0 Å². The van der Waals surface area contributed by atoms with E-state index in [1.165, 1.54) is 0 Å². The minimum atomic E-state index is -1.92. The molecule has 3 saturated heterocycles. The van der Waals surface area contributed by atoms with E-state index in [0.717, 1.165) is 4.90 Å². The van der Waals surface area contributed by atoms with Gasteiger partial charge in [-0.25, -0.2) is 5.43 Å². The van der Waals surface area contributed by atoms with Gasteiger partial charge in [0, 0.05) is 6.54 Å². The molecule has 3 aliphatic heterocycles. The quantitative estimate of drug-likeness (QED) is 0.0459. The minimum Gasteiger partial charge on any atom is -0.394 e. The number of nitrogens with two attached hydrogens (primary N) is 2. The number of ether oxygens (including phenoxy) is 6. The number of amides is 3. The van der Waals surface area contributed by atoms with Gasteiger partial charge in [-0.15, -0.1) is 0 Å². The van der Waals surface area contributed by atoms with Gasteiger partial charge in [-0.2, -0.15) is 0 Å². The Balaban J connectivity index is 1.66. The van der Waals surface area contributed by atoms with Crippen LogP contribution in [0.3, 0.4) is 0 Å². The number of nitrogens with zero attached hydrogens (tertiary/aromatic N) is 1. The summed E-state index contributed by atoms with van der Waals surface area (Å²) >= 11 is 0. The molecule has 24 heteroatoms. The molecule has 0 radical (unpaired) electrons. The van der Waals surface area contributed by atoms with Crippen LogP contribution in [0, 0.1) is 0 Å². The molecule has 3 amide bonds. The van der Waals surface area contributed by atoms with Gasteiger partial charge in [0.25, 0.3) is 0 Å². The van der Waals surface area contributed by atoms with E-state index in [0.29, 0.717) is 0 Å². The van der Waals surface area contributed by atoms with Crippen molar-refractivity contribution in [3.63, 3.8) is 0 Å². The predicted octanol–water partition coefficient (Wildman–Crippen LogP) is -10.7. The molecule has 50 heavy (non-hydrogen) atoms. The van der Waals surface area contributed by atoms with Crippen LogP contribution in [0.1, 0.15) is 0 Å². The van der Waals surface area contributed by atoms with Crippen LogP contribution in [-0.2, 0) is 42.8 Å². The summed E-state index contributed by atoms with van der Waals surface area (Å²) in [5.41, 5.74) is 15.0. The summed E-state index contributed by atoms with van der Waals surface area (Å²) in [6.45, 7) is -3.94. The Morgan fingerprint density at radius 3 is 1.66 bits per heavy atom. The van der Waals surface area contributed by atoms with Gasteiger partial charge >= 0.3 is 0 Å². The fourth-order valence-electron chi connectivity index (χ4n) is 5.31. The molecule has 0 aliphatic carbocycles. The molecule has 0 unspecified atom stereocenters. The largest absolute Gasteiger partial charge is 0.394 e. The molecule has 0 aromatic heterocycles. The second kappa shape index (κ2) is 19.5. The van der Waals surface area contributed by atoms with Crippen molar-refractivity contribution in [3.8, 4) is 0 Å². The number of rotatable bonds is 18. The highest BCUT2D eigenvalue weighted by Crippen LogP contribution is 2.30. The monoisotopic (exact) mass is 733 g/mol.